The molecule has 1 aromatic carbocycles. The average molecular weight is 287 g/mol. The molecule has 0 bridgehead atoms. The van der Waals surface area contributed by atoms with Crippen molar-refractivity contribution in [1.29, 1.82) is 0 Å². The SMILES string of the molecule is CCOP(=O)(O)C(C)NC(=O)OCc1ccccc1. The van der Waals surface area contributed by atoms with E-state index in [1.807, 2.05) is 30.3 Å². The normalized spacial score (nSPS) is 15.3. The van der Waals surface area contributed by atoms with Gasteiger partial charge in [-0.15, -0.1) is 0 Å². The first-order valence-corrected chi connectivity index (χ1v) is 7.54. The summed E-state index contributed by atoms with van der Waals surface area (Å²) < 4.78 is 21.2. The second-order valence-electron chi connectivity index (χ2n) is 3.86. The highest BCUT2D eigenvalue weighted by Crippen LogP contribution is 2.45. The van der Waals surface area contributed by atoms with E-state index in [2.05, 4.69) is 5.32 Å². The highest BCUT2D eigenvalue weighted by atomic mass is 31.2. The van der Waals surface area contributed by atoms with E-state index in [4.69, 9.17) is 9.26 Å². The lowest BCUT2D eigenvalue weighted by Crippen LogP contribution is -2.33. The van der Waals surface area contributed by atoms with Crippen molar-refractivity contribution < 1.29 is 23.5 Å². The van der Waals surface area contributed by atoms with Gasteiger partial charge in [-0.1, -0.05) is 30.3 Å². The van der Waals surface area contributed by atoms with E-state index in [-0.39, 0.29) is 13.2 Å². The van der Waals surface area contributed by atoms with Gasteiger partial charge in [0.05, 0.1) is 6.61 Å². The van der Waals surface area contributed by atoms with Crippen molar-refractivity contribution in [3.63, 3.8) is 0 Å². The lowest BCUT2D eigenvalue weighted by molar-refractivity contribution is 0.137. The first kappa shape index (κ1) is 15.7. The fourth-order valence-electron chi connectivity index (χ4n) is 1.31. The topological polar surface area (TPSA) is 84.9 Å². The second-order valence-corrected chi connectivity index (χ2v) is 6.02. The molecule has 0 fully saturated rings. The molecule has 106 valence electrons. The summed E-state index contributed by atoms with van der Waals surface area (Å²) in [4.78, 5) is 20.9. The van der Waals surface area contributed by atoms with E-state index in [0.29, 0.717) is 0 Å². The minimum absolute atomic E-state index is 0.0961. The molecule has 0 aromatic heterocycles. The van der Waals surface area contributed by atoms with Crippen molar-refractivity contribution in [2.75, 3.05) is 6.61 Å². The smallest absolute Gasteiger partial charge is 0.408 e. The van der Waals surface area contributed by atoms with Crippen molar-refractivity contribution >= 4 is 13.7 Å². The van der Waals surface area contributed by atoms with Crippen LogP contribution in [0.3, 0.4) is 0 Å². The van der Waals surface area contributed by atoms with Gasteiger partial charge in [-0.2, -0.15) is 0 Å². The van der Waals surface area contributed by atoms with Crippen LogP contribution in [0.2, 0.25) is 0 Å². The molecule has 2 N–H and O–H groups in total. The Morgan fingerprint density at radius 1 is 1.42 bits per heavy atom. The molecule has 2 unspecified atom stereocenters. The van der Waals surface area contributed by atoms with Crippen molar-refractivity contribution in [3.8, 4) is 0 Å². The maximum absolute atomic E-state index is 11.6. The molecule has 1 rings (SSSR count). The highest BCUT2D eigenvalue weighted by molar-refractivity contribution is 7.53. The van der Waals surface area contributed by atoms with Crippen LogP contribution in [-0.2, 0) is 20.4 Å². The fraction of sp³-hybridized carbons (Fsp3) is 0.417. The van der Waals surface area contributed by atoms with E-state index in [1.54, 1.807) is 6.92 Å². The van der Waals surface area contributed by atoms with Gasteiger partial charge < -0.3 is 19.5 Å². The minimum Gasteiger partial charge on any atom is -0.445 e. The molecule has 1 amide bonds. The summed E-state index contributed by atoms with van der Waals surface area (Å²) >= 11 is 0. The van der Waals surface area contributed by atoms with E-state index in [1.165, 1.54) is 6.92 Å². The van der Waals surface area contributed by atoms with Crippen LogP contribution in [0.5, 0.6) is 0 Å². The Kier molecular flexibility index (Phi) is 6.02. The number of benzene rings is 1. The lowest BCUT2D eigenvalue weighted by atomic mass is 10.2. The summed E-state index contributed by atoms with van der Waals surface area (Å²) in [5.41, 5.74) is 0.835. The highest BCUT2D eigenvalue weighted by Gasteiger charge is 2.29. The predicted octanol–water partition coefficient (Wildman–Crippen LogP) is 2.48. The zero-order chi connectivity index (χ0) is 14.3. The van der Waals surface area contributed by atoms with Crippen LogP contribution in [-0.4, -0.2) is 23.4 Å². The molecule has 0 saturated heterocycles. The number of carbonyl (C=O) groups excluding carboxylic acids is 1. The van der Waals surface area contributed by atoms with E-state index >= 15 is 0 Å². The summed E-state index contributed by atoms with van der Waals surface area (Å²) in [7, 11) is -3.85. The number of hydrogen-bond acceptors (Lipinski definition) is 4. The van der Waals surface area contributed by atoms with Crippen LogP contribution in [0, 0.1) is 0 Å². The molecule has 0 aliphatic carbocycles. The zero-order valence-corrected chi connectivity index (χ0v) is 11.8. The molecule has 0 aliphatic rings. The molecule has 2 atom stereocenters. The van der Waals surface area contributed by atoms with Crippen molar-refractivity contribution in [3.05, 3.63) is 35.9 Å². The Morgan fingerprint density at radius 2 is 2.05 bits per heavy atom. The molecule has 7 heteroatoms. The molecular weight excluding hydrogens is 269 g/mol. The van der Waals surface area contributed by atoms with Gasteiger partial charge in [0, 0.05) is 0 Å². The summed E-state index contributed by atoms with van der Waals surface area (Å²) in [5.74, 6) is -1.02. The zero-order valence-electron chi connectivity index (χ0n) is 10.9. The molecular formula is C12H18NO5P. The van der Waals surface area contributed by atoms with Gasteiger partial charge in [-0.25, -0.2) is 4.79 Å². The first-order chi connectivity index (χ1) is 8.95. The molecule has 0 aliphatic heterocycles. The molecule has 0 radical (unpaired) electrons. The Labute approximate surface area is 112 Å². The molecule has 0 saturated carbocycles. The largest absolute Gasteiger partial charge is 0.445 e. The van der Waals surface area contributed by atoms with Crippen molar-refractivity contribution in [2.24, 2.45) is 0 Å². The molecule has 6 nitrogen and oxygen atoms in total. The molecule has 1 aromatic rings. The second kappa shape index (κ2) is 7.28. The van der Waals surface area contributed by atoms with Gasteiger partial charge in [0.15, 0.2) is 0 Å². The van der Waals surface area contributed by atoms with Gasteiger partial charge in [0.2, 0.25) is 0 Å². The van der Waals surface area contributed by atoms with E-state index in [9.17, 15) is 14.3 Å². The molecule has 19 heavy (non-hydrogen) atoms. The Hall–Kier alpha value is -1.36. The number of amides is 1. The maximum Gasteiger partial charge on any atom is 0.408 e. The Bertz CT molecular complexity index is 451. The number of ether oxygens (including phenoxy) is 1. The number of carbonyl (C=O) groups is 1. The van der Waals surface area contributed by atoms with Crippen LogP contribution < -0.4 is 5.32 Å². The third kappa shape index (κ3) is 5.42. The van der Waals surface area contributed by atoms with Crippen LogP contribution in [0.15, 0.2) is 30.3 Å². The predicted molar refractivity (Wildman–Crippen MR) is 70.7 cm³/mol. The summed E-state index contributed by atoms with van der Waals surface area (Å²) in [6, 6.07) is 9.14. The van der Waals surface area contributed by atoms with Gasteiger partial charge >= 0.3 is 13.7 Å². The summed E-state index contributed by atoms with van der Waals surface area (Å²) in [6.45, 7) is 3.19. The van der Waals surface area contributed by atoms with Crippen molar-refractivity contribution in [1.82, 2.24) is 5.32 Å². The Balaban J connectivity index is 2.41. The molecule has 0 spiro atoms. The van der Waals surface area contributed by atoms with Gasteiger partial charge in [-0.3, -0.25) is 4.57 Å². The number of hydrogen-bond donors (Lipinski definition) is 2. The van der Waals surface area contributed by atoms with Crippen LogP contribution >= 0.6 is 7.60 Å². The van der Waals surface area contributed by atoms with Crippen LogP contribution in [0.1, 0.15) is 19.4 Å². The van der Waals surface area contributed by atoms with Gasteiger partial charge in [0.1, 0.15) is 12.4 Å². The third-order valence-electron chi connectivity index (χ3n) is 2.34. The third-order valence-corrected chi connectivity index (χ3v) is 4.08. The fourth-order valence-corrected chi connectivity index (χ4v) is 2.18. The summed E-state index contributed by atoms with van der Waals surface area (Å²) in [5, 5.41) is 2.28. The van der Waals surface area contributed by atoms with Gasteiger partial charge in [-0.05, 0) is 19.4 Å². The molecule has 0 heterocycles. The number of rotatable bonds is 6. The average Bonchev–Trinajstić information content (AvgIpc) is 2.37. The number of alkyl carbamates (subject to hydrolysis) is 1. The van der Waals surface area contributed by atoms with Crippen molar-refractivity contribution in [2.45, 2.75) is 26.2 Å². The quantitative estimate of drug-likeness (QED) is 0.785. The van der Waals surface area contributed by atoms with Crippen LogP contribution in [0.4, 0.5) is 4.79 Å². The van der Waals surface area contributed by atoms with Gasteiger partial charge in [0.25, 0.3) is 0 Å². The van der Waals surface area contributed by atoms with E-state index in [0.717, 1.165) is 5.56 Å². The van der Waals surface area contributed by atoms with Crippen LogP contribution in [0.25, 0.3) is 0 Å². The Morgan fingerprint density at radius 3 is 2.63 bits per heavy atom. The standard InChI is InChI=1S/C12H18NO5P/c1-3-18-19(15,16)10(2)13-12(14)17-9-11-7-5-4-6-8-11/h4-8,10H,3,9H2,1-2H3,(H,13,14)(H,15,16). The summed E-state index contributed by atoms with van der Waals surface area (Å²) in [6.07, 6.45) is -0.759. The minimum atomic E-state index is -3.85. The number of nitrogens with one attached hydrogen (secondary N) is 1. The monoisotopic (exact) mass is 287 g/mol. The van der Waals surface area contributed by atoms with E-state index < -0.39 is 19.5 Å². The first-order valence-electron chi connectivity index (χ1n) is 5.90. The maximum atomic E-state index is 11.6. The lowest BCUT2D eigenvalue weighted by Gasteiger charge is -2.19.